The van der Waals surface area contributed by atoms with Crippen LogP contribution in [-0.4, -0.2) is 105 Å². The van der Waals surface area contributed by atoms with E-state index in [1.165, 1.54) is 19.0 Å². The number of anilines is 1. The summed E-state index contributed by atoms with van der Waals surface area (Å²) in [5.41, 5.74) is 2.68. The fourth-order valence-electron chi connectivity index (χ4n) is 6.63. The third-order valence-electron chi connectivity index (χ3n) is 8.40. The summed E-state index contributed by atoms with van der Waals surface area (Å²) >= 11 is 0. The number of aromatic hydroxyl groups is 1. The Morgan fingerprint density at radius 3 is 2.42 bits per heavy atom. The SMILES string of the molecule is CN(C)CC(=O)Nc1cc(-c2ccccn2)c2c(c1O)C(O)=C1C(=O)[C@]3(O)C(O)=C(C(N)=O)C(=O)[C@@H](N(C)C)[C@@H]3C[C@@H]1C2. The minimum absolute atomic E-state index is 0.00291. The number of amides is 2. The van der Waals surface area contributed by atoms with Gasteiger partial charge in [0.1, 0.15) is 22.8 Å². The van der Waals surface area contributed by atoms with Gasteiger partial charge in [0.15, 0.2) is 11.4 Å². The lowest BCUT2D eigenvalue weighted by molar-refractivity contribution is -0.153. The van der Waals surface area contributed by atoms with Crippen molar-refractivity contribution in [2.45, 2.75) is 24.5 Å². The van der Waals surface area contributed by atoms with Gasteiger partial charge in [-0.15, -0.1) is 0 Å². The number of Topliss-reactive ketones (excluding diaryl/α,β-unsaturated/α-hetero) is 2. The number of carbonyl (C=O) groups excluding carboxylic acids is 4. The number of phenols is 1. The second-order valence-corrected chi connectivity index (χ2v) is 11.6. The number of aliphatic hydroxyl groups is 3. The topological polar surface area (TPSA) is 207 Å². The van der Waals surface area contributed by atoms with E-state index in [1.807, 2.05) is 0 Å². The fourth-order valence-corrected chi connectivity index (χ4v) is 6.63. The van der Waals surface area contributed by atoms with Crippen molar-refractivity contribution >= 4 is 34.8 Å². The Kier molecular flexibility index (Phi) is 7.37. The van der Waals surface area contributed by atoms with E-state index >= 15 is 0 Å². The van der Waals surface area contributed by atoms with Crippen molar-refractivity contribution in [3.8, 4) is 17.0 Å². The highest BCUT2D eigenvalue weighted by atomic mass is 16.3. The highest BCUT2D eigenvalue weighted by Gasteiger charge is 2.64. The summed E-state index contributed by atoms with van der Waals surface area (Å²) in [7, 11) is 6.47. The number of aromatic nitrogens is 1. The number of nitrogens with two attached hydrogens (primary N) is 1. The first-order chi connectivity index (χ1) is 20.2. The molecule has 1 aromatic carbocycles. The van der Waals surface area contributed by atoms with Crippen molar-refractivity contribution < 1.29 is 39.6 Å². The maximum atomic E-state index is 14.1. The van der Waals surface area contributed by atoms with Crippen molar-refractivity contribution in [1.82, 2.24) is 14.8 Å². The quantitative estimate of drug-likeness (QED) is 0.202. The first-order valence-electron chi connectivity index (χ1n) is 13.6. The first kappa shape index (κ1) is 29.9. The van der Waals surface area contributed by atoms with Crippen LogP contribution in [-0.2, 0) is 25.6 Å². The number of primary amides is 1. The van der Waals surface area contributed by atoms with Crippen LogP contribution in [0.5, 0.6) is 5.75 Å². The number of rotatable bonds is 6. The second kappa shape index (κ2) is 10.6. The van der Waals surface area contributed by atoms with Crippen LogP contribution in [0.15, 0.2) is 47.4 Å². The Hall–Kier alpha value is -4.59. The summed E-state index contributed by atoms with van der Waals surface area (Å²) in [4.78, 5) is 59.7. The monoisotopic (exact) mass is 591 g/mol. The van der Waals surface area contributed by atoms with Gasteiger partial charge in [0.2, 0.25) is 11.7 Å². The largest absolute Gasteiger partial charge is 0.508 e. The predicted molar refractivity (Wildman–Crippen MR) is 155 cm³/mol. The van der Waals surface area contributed by atoms with E-state index in [-0.39, 0.29) is 36.2 Å². The standard InChI is InChI=1S/C30H33N5O8/c1-34(2)12-19(36)33-18-11-14(17-7-5-6-8-32-17)15-9-13-10-16-23(35(3)4)26(39)22(29(31)42)28(41)30(16,43)27(40)20(13)25(38)21(15)24(18)37/h5-8,11,13,16,23,37-38,41,43H,9-10,12H2,1-4H3,(H2,31,42)(H,33,36)/t13-,16-,23-,30-/m0/s1. The summed E-state index contributed by atoms with van der Waals surface area (Å²) in [6.45, 7) is -0.00291. The summed E-state index contributed by atoms with van der Waals surface area (Å²) in [5, 5.41) is 48.5. The molecule has 43 heavy (non-hydrogen) atoms. The Morgan fingerprint density at radius 1 is 1.14 bits per heavy atom. The molecule has 13 heteroatoms. The molecule has 3 aliphatic carbocycles. The molecule has 7 N–H and O–H groups in total. The molecule has 1 heterocycles. The van der Waals surface area contributed by atoms with E-state index in [0.717, 1.165) is 0 Å². The summed E-state index contributed by atoms with van der Waals surface area (Å²) in [6.07, 6.45) is 1.60. The summed E-state index contributed by atoms with van der Waals surface area (Å²) in [5.74, 6) is -7.96. The van der Waals surface area contributed by atoms with Crippen LogP contribution in [0.25, 0.3) is 17.0 Å². The molecule has 1 aromatic heterocycles. The molecule has 2 amide bonds. The molecule has 0 aliphatic heterocycles. The Labute approximate surface area is 246 Å². The lowest BCUT2D eigenvalue weighted by Crippen LogP contribution is -2.65. The number of phenolic OH excluding ortho intramolecular Hbond substituents is 1. The number of benzene rings is 1. The number of pyridine rings is 1. The van der Waals surface area contributed by atoms with E-state index in [9.17, 15) is 39.6 Å². The molecule has 0 spiro atoms. The van der Waals surface area contributed by atoms with Crippen LogP contribution in [0.3, 0.4) is 0 Å². The Balaban J connectivity index is 1.75. The number of nitrogens with one attached hydrogen (secondary N) is 1. The van der Waals surface area contributed by atoms with Crippen molar-refractivity contribution in [3.63, 3.8) is 0 Å². The summed E-state index contributed by atoms with van der Waals surface area (Å²) in [6, 6.07) is 5.55. The summed E-state index contributed by atoms with van der Waals surface area (Å²) < 4.78 is 0. The van der Waals surface area contributed by atoms with Crippen LogP contribution in [0.1, 0.15) is 17.5 Å². The highest BCUT2D eigenvalue weighted by Crippen LogP contribution is 2.54. The number of nitrogens with zero attached hydrogens (tertiary/aromatic N) is 3. The second-order valence-electron chi connectivity index (χ2n) is 11.6. The first-order valence-corrected chi connectivity index (χ1v) is 13.6. The zero-order valence-corrected chi connectivity index (χ0v) is 24.1. The van der Waals surface area contributed by atoms with Gasteiger partial charge >= 0.3 is 0 Å². The maximum absolute atomic E-state index is 14.1. The number of ketones is 2. The van der Waals surface area contributed by atoms with Gasteiger partial charge in [0, 0.05) is 23.3 Å². The third kappa shape index (κ3) is 4.56. The van der Waals surface area contributed by atoms with E-state index in [1.54, 1.807) is 49.5 Å². The smallest absolute Gasteiger partial charge is 0.255 e. The minimum atomic E-state index is -2.75. The number of hydrogen-bond donors (Lipinski definition) is 6. The van der Waals surface area contributed by atoms with Gasteiger partial charge < -0.3 is 36.4 Å². The van der Waals surface area contributed by atoms with Crippen LogP contribution >= 0.6 is 0 Å². The average molecular weight is 592 g/mol. The number of carbonyl (C=O) groups is 4. The van der Waals surface area contributed by atoms with Crippen molar-refractivity contribution in [1.29, 1.82) is 0 Å². The number of hydrogen-bond acceptors (Lipinski definition) is 11. The lowest BCUT2D eigenvalue weighted by atomic mass is 9.57. The van der Waals surface area contributed by atoms with Gasteiger partial charge in [-0.25, -0.2) is 0 Å². The molecule has 3 aliphatic rings. The normalized spacial score (nSPS) is 25.0. The number of aliphatic hydroxyl groups excluding tert-OH is 2. The molecule has 1 saturated carbocycles. The van der Waals surface area contributed by atoms with Gasteiger partial charge in [-0.2, -0.15) is 0 Å². The Morgan fingerprint density at radius 2 is 1.84 bits per heavy atom. The zero-order chi connectivity index (χ0) is 31.5. The number of likely N-dealkylation sites (N-methyl/N-ethyl adjacent to an activating group) is 2. The molecular weight excluding hydrogens is 558 g/mol. The molecule has 4 atom stereocenters. The fraction of sp³-hybridized carbons (Fsp3) is 0.367. The molecule has 5 rings (SSSR count). The molecule has 0 radical (unpaired) electrons. The van der Waals surface area contributed by atoms with Gasteiger partial charge in [-0.05, 0) is 70.7 Å². The van der Waals surface area contributed by atoms with E-state index in [0.29, 0.717) is 16.8 Å². The zero-order valence-electron chi connectivity index (χ0n) is 24.1. The van der Waals surface area contributed by atoms with Gasteiger partial charge in [0.05, 0.1) is 29.5 Å². The third-order valence-corrected chi connectivity index (χ3v) is 8.40. The predicted octanol–water partition coefficient (Wildman–Crippen LogP) is 0.526. The highest BCUT2D eigenvalue weighted by molar-refractivity contribution is 6.24. The molecule has 0 unspecified atom stereocenters. The number of fused-ring (bicyclic) bond motifs is 3. The van der Waals surface area contributed by atoms with Gasteiger partial charge in [-0.1, -0.05) is 6.07 Å². The van der Waals surface area contributed by atoms with Crippen LogP contribution in [0, 0.1) is 11.8 Å². The molecule has 0 saturated heterocycles. The molecule has 13 nitrogen and oxygen atoms in total. The molecule has 2 aromatic rings. The van der Waals surface area contributed by atoms with E-state index < -0.39 is 69.7 Å². The molecule has 226 valence electrons. The van der Waals surface area contributed by atoms with Crippen molar-refractivity contribution in [2.24, 2.45) is 17.6 Å². The van der Waals surface area contributed by atoms with E-state index in [4.69, 9.17) is 5.73 Å². The van der Waals surface area contributed by atoms with E-state index in [2.05, 4.69) is 10.3 Å². The molecular formula is C30H33N5O8. The van der Waals surface area contributed by atoms with Gasteiger partial charge in [-0.3, -0.25) is 29.1 Å². The maximum Gasteiger partial charge on any atom is 0.255 e. The molecule has 1 fully saturated rings. The molecule has 0 bridgehead atoms. The van der Waals surface area contributed by atoms with Gasteiger partial charge in [0.25, 0.3) is 5.91 Å². The minimum Gasteiger partial charge on any atom is -0.508 e. The Bertz CT molecular complexity index is 1630. The van der Waals surface area contributed by atoms with Crippen LogP contribution < -0.4 is 11.1 Å². The van der Waals surface area contributed by atoms with Crippen molar-refractivity contribution in [2.75, 3.05) is 40.1 Å². The van der Waals surface area contributed by atoms with Crippen LogP contribution in [0.2, 0.25) is 0 Å². The lowest BCUT2D eigenvalue weighted by Gasteiger charge is -2.50. The van der Waals surface area contributed by atoms with Crippen molar-refractivity contribution in [3.05, 3.63) is 58.5 Å². The van der Waals surface area contributed by atoms with Crippen LogP contribution in [0.4, 0.5) is 5.69 Å². The average Bonchev–Trinajstić information content (AvgIpc) is 2.92.